The number of rotatable bonds is 10. The molecular formula is C30H37N5O2S. The summed E-state index contributed by atoms with van der Waals surface area (Å²) < 4.78 is 1.84. The van der Waals surface area contributed by atoms with Gasteiger partial charge in [-0.2, -0.15) is 5.10 Å². The summed E-state index contributed by atoms with van der Waals surface area (Å²) >= 11 is 1.59. The smallest absolute Gasteiger partial charge is 0.251 e. The average Bonchev–Trinajstić information content (AvgIpc) is 3.29. The number of hydrogen-bond donors (Lipinski definition) is 3. The number of aryl methyl sites for hydroxylation is 1. The van der Waals surface area contributed by atoms with E-state index in [2.05, 4.69) is 53.7 Å². The van der Waals surface area contributed by atoms with Gasteiger partial charge in [0.25, 0.3) is 5.91 Å². The van der Waals surface area contributed by atoms with Crippen LogP contribution < -0.4 is 10.6 Å². The van der Waals surface area contributed by atoms with Crippen LogP contribution in [0.4, 0.5) is 5.69 Å². The van der Waals surface area contributed by atoms with E-state index in [-0.39, 0.29) is 5.91 Å². The second-order valence-corrected chi connectivity index (χ2v) is 11.6. The van der Waals surface area contributed by atoms with Crippen LogP contribution in [0.2, 0.25) is 0 Å². The third-order valence-corrected chi connectivity index (χ3v) is 7.10. The molecular weight excluding hydrogens is 494 g/mol. The van der Waals surface area contributed by atoms with Gasteiger partial charge in [0.05, 0.1) is 23.2 Å². The van der Waals surface area contributed by atoms with Gasteiger partial charge in [0.1, 0.15) is 5.03 Å². The van der Waals surface area contributed by atoms with Gasteiger partial charge < -0.3 is 15.7 Å². The lowest BCUT2D eigenvalue weighted by atomic mass is 10.0. The molecule has 0 saturated carbocycles. The van der Waals surface area contributed by atoms with Gasteiger partial charge in [-0.05, 0) is 74.6 Å². The lowest BCUT2D eigenvalue weighted by Gasteiger charge is -2.19. The van der Waals surface area contributed by atoms with Crippen LogP contribution in [0.3, 0.4) is 0 Å². The molecule has 0 fully saturated rings. The molecule has 1 amide bonds. The van der Waals surface area contributed by atoms with Crippen LogP contribution in [0.1, 0.15) is 68.4 Å². The molecule has 2 aromatic heterocycles. The second kappa shape index (κ2) is 11.6. The molecule has 4 rings (SSSR count). The summed E-state index contributed by atoms with van der Waals surface area (Å²) in [6.07, 6.45) is 2.69. The van der Waals surface area contributed by atoms with E-state index in [1.54, 1.807) is 31.8 Å². The van der Waals surface area contributed by atoms with Crippen molar-refractivity contribution in [3.63, 3.8) is 0 Å². The maximum absolute atomic E-state index is 12.5. The van der Waals surface area contributed by atoms with Crippen LogP contribution in [0, 0.1) is 6.92 Å². The highest BCUT2D eigenvalue weighted by Crippen LogP contribution is 2.33. The van der Waals surface area contributed by atoms with Crippen LogP contribution in [0.25, 0.3) is 16.9 Å². The minimum atomic E-state index is -0.889. The van der Waals surface area contributed by atoms with E-state index in [1.165, 1.54) is 5.56 Å². The first-order valence-corrected chi connectivity index (χ1v) is 13.9. The number of anilines is 1. The van der Waals surface area contributed by atoms with E-state index >= 15 is 0 Å². The predicted octanol–water partition coefficient (Wildman–Crippen LogP) is 6.30. The number of carbonyl (C=O) groups is 1. The topological polar surface area (TPSA) is 91.5 Å². The number of amides is 1. The van der Waals surface area contributed by atoms with E-state index in [4.69, 9.17) is 5.10 Å². The number of aliphatic hydroxyl groups is 1. The fourth-order valence-corrected chi connectivity index (χ4v) is 4.99. The van der Waals surface area contributed by atoms with Gasteiger partial charge in [-0.25, -0.2) is 9.50 Å². The molecule has 2 heterocycles. The van der Waals surface area contributed by atoms with E-state index in [1.807, 2.05) is 42.6 Å². The van der Waals surface area contributed by atoms with Gasteiger partial charge >= 0.3 is 0 Å². The third kappa shape index (κ3) is 6.55. The summed E-state index contributed by atoms with van der Waals surface area (Å²) in [5.74, 6) is 0.373. The molecule has 0 atom stereocenters. The molecule has 8 heteroatoms. The Labute approximate surface area is 229 Å². The molecule has 0 aliphatic heterocycles. The largest absolute Gasteiger partial charge is 0.389 e. The summed E-state index contributed by atoms with van der Waals surface area (Å²) in [6.45, 7) is 12.9. The molecule has 0 bridgehead atoms. The number of nitrogens with one attached hydrogen (secondary N) is 2. The van der Waals surface area contributed by atoms with E-state index in [0.29, 0.717) is 30.2 Å². The summed E-state index contributed by atoms with van der Waals surface area (Å²) in [7, 11) is 0. The fraction of sp³-hybridized carbons (Fsp3) is 0.367. The molecule has 0 radical (unpaired) electrons. The third-order valence-electron chi connectivity index (χ3n) is 6.21. The Morgan fingerprint density at radius 2 is 1.95 bits per heavy atom. The maximum Gasteiger partial charge on any atom is 0.251 e. The summed E-state index contributed by atoms with van der Waals surface area (Å²) in [5, 5.41) is 22.4. The quantitative estimate of drug-likeness (QED) is 0.222. The molecule has 0 aliphatic carbocycles. The SMILES string of the molecule is CCCNC(=O)c1ccc(-c2cnc3c(NCC(C)(C)O)cc(Sc4cccc(C(C)C)c4)nn23)cc1C. The van der Waals surface area contributed by atoms with Crippen LogP contribution in [0.15, 0.2) is 64.6 Å². The zero-order chi connectivity index (χ0) is 27.4. The fourth-order valence-electron chi connectivity index (χ4n) is 4.10. The van der Waals surface area contributed by atoms with Gasteiger partial charge in [-0.15, -0.1) is 0 Å². The summed E-state index contributed by atoms with van der Waals surface area (Å²) in [5.41, 5.74) is 5.16. The van der Waals surface area contributed by atoms with E-state index < -0.39 is 5.60 Å². The van der Waals surface area contributed by atoms with Crippen molar-refractivity contribution in [2.75, 3.05) is 18.4 Å². The van der Waals surface area contributed by atoms with E-state index in [0.717, 1.165) is 38.9 Å². The Kier molecular flexibility index (Phi) is 8.43. The van der Waals surface area contributed by atoms with Crippen molar-refractivity contribution in [2.24, 2.45) is 0 Å². The normalized spacial score (nSPS) is 11.8. The molecule has 2 aromatic carbocycles. The number of aromatic nitrogens is 3. The van der Waals surface area contributed by atoms with Crippen molar-refractivity contribution < 1.29 is 9.90 Å². The summed E-state index contributed by atoms with van der Waals surface area (Å²) in [6, 6.07) is 16.3. The number of fused-ring (bicyclic) bond motifs is 1. The molecule has 4 aromatic rings. The highest BCUT2D eigenvalue weighted by molar-refractivity contribution is 7.99. The average molecular weight is 532 g/mol. The number of nitrogens with zero attached hydrogens (tertiary/aromatic N) is 3. The van der Waals surface area contributed by atoms with Crippen LogP contribution in [0.5, 0.6) is 0 Å². The lowest BCUT2D eigenvalue weighted by molar-refractivity contribution is 0.0941. The molecule has 0 aliphatic rings. The molecule has 7 nitrogen and oxygen atoms in total. The van der Waals surface area contributed by atoms with Crippen LogP contribution in [-0.4, -0.2) is 44.3 Å². The molecule has 0 spiro atoms. The molecule has 0 saturated heterocycles. The predicted molar refractivity (Wildman–Crippen MR) is 155 cm³/mol. The van der Waals surface area contributed by atoms with Crippen molar-refractivity contribution in [2.45, 2.75) is 69.4 Å². The van der Waals surface area contributed by atoms with Crippen molar-refractivity contribution in [3.8, 4) is 11.3 Å². The number of hydrogen-bond acceptors (Lipinski definition) is 6. The second-order valence-electron chi connectivity index (χ2n) is 10.6. The Hall–Kier alpha value is -3.36. The van der Waals surface area contributed by atoms with Crippen LogP contribution >= 0.6 is 11.8 Å². The molecule has 38 heavy (non-hydrogen) atoms. The minimum Gasteiger partial charge on any atom is -0.389 e. The van der Waals surface area contributed by atoms with Gasteiger partial charge in [-0.3, -0.25) is 4.79 Å². The minimum absolute atomic E-state index is 0.0624. The number of benzene rings is 2. The first kappa shape index (κ1) is 27.7. The number of imidazole rings is 1. The Bertz CT molecular complexity index is 1440. The van der Waals surface area contributed by atoms with Crippen molar-refractivity contribution >= 4 is 29.0 Å². The highest BCUT2D eigenvalue weighted by Gasteiger charge is 2.18. The van der Waals surface area contributed by atoms with Gasteiger partial charge in [0.15, 0.2) is 5.65 Å². The lowest BCUT2D eigenvalue weighted by Crippen LogP contribution is -2.29. The maximum atomic E-state index is 12.5. The zero-order valence-corrected chi connectivity index (χ0v) is 23.8. The van der Waals surface area contributed by atoms with Gasteiger partial charge in [-0.1, -0.05) is 50.7 Å². The molecule has 0 unspecified atom stereocenters. The summed E-state index contributed by atoms with van der Waals surface area (Å²) in [4.78, 5) is 18.3. The van der Waals surface area contributed by atoms with Crippen molar-refractivity contribution in [1.29, 1.82) is 0 Å². The Morgan fingerprint density at radius 1 is 1.16 bits per heavy atom. The van der Waals surface area contributed by atoms with Gasteiger partial charge in [0, 0.05) is 29.1 Å². The van der Waals surface area contributed by atoms with Crippen molar-refractivity contribution in [1.82, 2.24) is 19.9 Å². The first-order valence-electron chi connectivity index (χ1n) is 13.1. The van der Waals surface area contributed by atoms with Gasteiger partial charge in [0.2, 0.25) is 0 Å². The standard InChI is InChI=1S/C30H37N5O2S/c1-7-13-31-29(36)24-12-11-22(14-20(24)4)26-17-32-28-25(33-18-30(5,6)37)16-27(34-35(26)28)38-23-10-8-9-21(15-23)19(2)3/h8-12,14-17,19,33,37H,7,13,18H2,1-6H3,(H,31,36). The molecule has 3 N–H and O–H groups in total. The Balaban J connectivity index is 1.76. The monoisotopic (exact) mass is 531 g/mol. The molecule has 200 valence electrons. The van der Waals surface area contributed by atoms with E-state index in [9.17, 15) is 9.90 Å². The zero-order valence-electron chi connectivity index (χ0n) is 23.0. The number of carbonyl (C=O) groups excluding carboxylic acids is 1. The van der Waals surface area contributed by atoms with Crippen LogP contribution in [-0.2, 0) is 0 Å². The first-order chi connectivity index (χ1) is 18.1. The Morgan fingerprint density at radius 3 is 2.63 bits per heavy atom. The van der Waals surface area contributed by atoms with Crippen molar-refractivity contribution in [3.05, 3.63) is 71.4 Å². The highest BCUT2D eigenvalue weighted by atomic mass is 32.2.